The highest BCUT2D eigenvalue weighted by Gasteiger charge is 2.32. The lowest BCUT2D eigenvalue weighted by molar-refractivity contribution is -0.163. The lowest BCUT2D eigenvalue weighted by Crippen LogP contribution is -2.44. The Kier molecular flexibility index (Phi) is 5.55. The first-order valence-electron chi connectivity index (χ1n) is 11.2. The average molecular weight is 434 g/mol. The number of fused-ring (bicyclic) bond motifs is 2. The van der Waals surface area contributed by atoms with Crippen LogP contribution in [0.1, 0.15) is 30.9 Å². The van der Waals surface area contributed by atoms with E-state index >= 15 is 0 Å². The number of esters is 1. The number of oxazole rings is 1. The molecule has 0 spiro atoms. The van der Waals surface area contributed by atoms with Crippen LogP contribution in [0, 0.1) is 5.92 Å². The summed E-state index contributed by atoms with van der Waals surface area (Å²) in [7, 11) is 0. The van der Waals surface area contributed by atoms with Crippen molar-refractivity contribution in [2.75, 3.05) is 24.5 Å². The normalized spacial score (nSPS) is 17.8. The number of rotatable bonds is 4. The first kappa shape index (κ1) is 20.5. The summed E-state index contributed by atoms with van der Waals surface area (Å²) in [4.78, 5) is 34.0. The molecule has 3 heterocycles. The van der Waals surface area contributed by atoms with E-state index < -0.39 is 6.10 Å². The number of hydrogen-bond acceptors (Lipinski definition) is 6. The summed E-state index contributed by atoms with van der Waals surface area (Å²) in [6.07, 6.45) is 1.35. The van der Waals surface area contributed by atoms with Crippen molar-refractivity contribution in [3.05, 3.63) is 59.7 Å². The predicted molar refractivity (Wildman–Crippen MR) is 120 cm³/mol. The number of ether oxygens (including phenoxy) is 1. The molecule has 2 aliphatic rings. The third-order valence-corrected chi connectivity index (χ3v) is 6.46. The van der Waals surface area contributed by atoms with Crippen LogP contribution in [0.2, 0.25) is 0 Å². The zero-order valence-corrected chi connectivity index (χ0v) is 18.2. The molecule has 0 bridgehead atoms. The van der Waals surface area contributed by atoms with Crippen LogP contribution in [0.25, 0.3) is 11.1 Å². The largest absolute Gasteiger partial charge is 0.452 e. The summed E-state index contributed by atoms with van der Waals surface area (Å²) in [6, 6.07) is 16.4. The predicted octanol–water partition coefficient (Wildman–Crippen LogP) is 3.56. The van der Waals surface area contributed by atoms with Crippen LogP contribution in [0.3, 0.4) is 0 Å². The van der Waals surface area contributed by atoms with Crippen molar-refractivity contribution < 1.29 is 18.7 Å². The third-order valence-electron chi connectivity index (χ3n) is 6.46. The van der Waals surface area contributed by atoms with Crippen molar-refractivity contribution in [2.45, 2.75) is 38.8 Å². The third kappa shape index (κ3) is 4.07. The fourth-order valence-corrected chi connectivity index (χ4v) is 4.56. The summed E-state index contributed by atoms with van der Waals surface area (Å²) >= 11 is 0. The standard InChI is InChI=1S/C25H27N3O4/c1-17(23(29)28-15-10-18-6-2-3-7-20(18)16-28)31-24(30)19-11-13-27(14-12-19)25-26-21-8-4-5-9-22(21)32-25/h2-9,17,19H,10-16H2,1H3. The maximum absolute atomic E-state index is 12.9. The minimum absolute atomic E-state index is 0.128. The van der Waals surface area contributed by atoms with Gasteiger partial charge in [0.25, 0.3) is 11.9 Å². The van der Waals surface area contributed by atoms with Crippen molar-refractivity contribution in [3.63, 3.8) is 0 Å². The van der Waals surface area contributed by atoms with Gasteiger partial charge in [0.1, 0.15) is 5.52 Å². The number of aromatic nitrogens is 1. The Hall–Kier alpha value is -3.35. The first-order valence-corrected chi connectivity index (χ1v) is 11.2. The van der Waals surface area contributed by atoms with Crippen LogP contribution in [0.15, 0.2) is 52.9 Å². The molecule has 0 radical (unpaired) electrons. The van der Waals surface area contributed by atoms with Gasteiger partial charge in [-0.3, -0.25) is 9.59 Å². The van der Waals surface area contributed by atoms with Gasteiger partial charge in [-0.2, -0.15) is 4.98 Å². The number of nitrogens with zero attached hydrogens (tertiary/aromatic N) is 3. The topological polar surface area (TPSA) is 75.9 Å². The second-order valence-electron chi connectivity index (χ2n) is 8.58. The lowest BCUT2D eigenvalue weighted by atomic mass is 9.97. The van der Waals surface area contributed by atoms with E-state index in [9.17, 15) is 9.59 Å². The van der Waals surface area contributed by atoms with E-state index in [0.717, 1.165) is 23.1 Å². The molecule has 166 valence electrons. The van der Waals surface area contributed by atoms with E-state index in [2.05, 4.69) is 22.0 Å². The number of carbonyl (C=O) groups excluding carboxylic acids is 2. The molecule has 0 aliphatic carbocycles. The minimum atomic E-state index is -0.775. The van der Waals surface area contributed by atoms with E-state index in [1.807, 2.05) is 36.4 Å². The Bertz CT molecular complexity index is 1100. The van der Waals surface area contributed by atoms with Gasteiger partial charge in [-0.05, 0) is 49.4 Å². The number of amides is 1. The van der Waals surface area contributed by atoms with Gasteiger partial charge in [-0.15, -0.1) is 0 Å². The molecule has 7 heteroatoms. The van der Waals surface area contributed by atoms with Gasteiger partial charge in [0.2, 0.25) is 0 Å². The Morgan fingerprint density at radius 2 is 1.75 bits per heavy atom. The molecule has 7 nitrogen and oxygen atoms in total. The summed E-state index contributed by atoms with van der Waals surface area (Å²) < 4.78 is 11.4. The van der Waals surface area contributed by atoms with Gasteiger partial charge in [0.15, 0.2) is 11.7 Å². The number of anilines is 1. The monoisotopic (exact) mass is 433 g/mol. The van der Waals surface area contributed by atoms with Crippen molar-refractivity contribution in [2.24, 2.45) is 5.92 Å². The Balaban J connectivity index is 1.14. The van der Waals surface area contributed by atoms with E-state index in [1.165, 1.54) is 5.56 Å². The quantitative estimate of drug-likeness (QED) is 0.586. The molecule has 0 N–H and O–H groups in total. The van der Waals surface area contributed by atoms with E-state index in [-0.39, 0.29) is 17.8 Å². The maximum Gasteiger partial charge on any atom is 0.309 e. The van der Waals surface area contributed by atoms with Crippen LogP contribution in [-0.4, -0.2) is 47.5 Å². The molecule has 1 atom stereocenters. The summed E-state index contributed by atoms with van der Waals surface area (Å²) in [5.41, 5.74) is 4.04. The van der Waals surface area contributed by atoms with Gasteiger partial charge < -0.3 is 19.0 Å². The van der Waals surface area contributed by atoms with Crippen LogP contribution in [0.5, 0.6) is 0 Å². The molecule has 1 saturated heterocycles. The molecule has 0 saturated carbocycles. The van der Waals surface area contributed by atoms with Gasteiger partial charge in [-0.1, -0.05) is 36.4 Å². The van der Waals surface area contributed by atoms with Gasteiger partial charge >= 0.3 is 5.97 Å². The molecule has 32 heavy (non-hydrogen) atoms. The lowest BCUT2D eigenvalue weighted by Gasteiger charge is -2.32. The number of piperidine rings is 1. The molecule has 5 rings (SSSR count). The van der Waals surface area contributed by atoms with E-state index in [0.29, 0.717) is 45.0 Å². The zero-order chi connectivity index (χ0) is 22.1. The van der Waals surface area contributed by atoms with Crippen molar-refractivity contribution in [3.8, 4) is 0 Å². The molecule has 1 unspecified atom stereocenters. The molecule has 1 amide bonds. The zero-order valence-electron chi connectivity index (χ0n) is 18.2. The molecular formula is C25H27N3O4. The molecular weight excluding hydrogens is 406 g/mol. The van der Waals surface area contributed by atoms with E-state index in [4.69, 9.17) is 9.15 Å². The number of benzene rings is 2. The Morgan fingerprint density at radius 3 is 2.53 bits per heavy atom. The highest BCUT2D eigenvalue weighted by atomic mass is 16.5. The number of hydrogen-bond donors (Lipinski definition) is 0. The summed E-state index contributed by atoms with van der Waals surface area (Å²) in [6.45, 7) is 4.23. The number of carbonyl (C=O) groups is 2. The van der Waals surface area contributed by atoms with Crippen LogP contribution >= 0.6 is 0 Å². The molecule has 1 fully saturated rings. The fourth-order valence-electron chi connectivity index (χ4n) is 4.56. The SMILES string of the molecule is CC(OC(=O)C1CCN(c2nc3ccccc3o2)CC1)C(=O)N1CCc2ccccc2C1. The second kappa shape index (κ2) is 8.65. The first-order chi connectivity index (χ1) is 15.6. The highest BCUT2D eigenvalue weighted by Crippen LogP contribution is 2.27. The summed E-state index contributed by atoms with van der Waals surface area (Å²) in [5.74, 6) is -0.634. The van der Waals surface area contributed by atoms with Gasteiger partial charge in [0, 0.05) is 26.2 Å². The molecule has 2 aromatic carbocycles. The minimum Gasteiger partial charge on any atom is -0.452 e. The van der Waals surface area contributed by atoms with Crippen LogP contribution < -0.4 is 4.90 Å². The average Bonchev–Trinajstić information content (AvgIpc) is 3.27. The Morgan fingerprint density at radius 1 is 1.03 bits per heavy atom. The van der Waals surface area contributed by atoms with Crippen LogP contribution in [-0.2, 0) is 27.3 Å². The van der Waals surface area contributed by atoms with Crippen molar-refractivity contribution in [1.82, 2.24) is 9.88 Å². The summed E-state index contributed by atoms with van der Waals surface area (Å²) in [5, 5.41) is 0. The van der Waals surface area contributed by atoms with Crippen molar-refractivity contribution >= 4 is 29.0 Å². The smallest absolute Gasteiger partial charge is 0.309 e. The van der Waals surface area contributed by atoms with Crippen molar-refractivity contribution in [1.29, 1.82) is 0 Å². The Labute approximate surface area is 187 Å². The van der Waals surface area contributed by atoms with E-state index in [1.54, 1.807) is 11.8 Å². The maximum atomic E-state index is 12.9. The van der Waals surface area contributed by atoms with Gasteiger partial charge in [-0.25, -0.2) is 0 Å². The highest BCUT2D eigenvalue weighted by molar-refractivity contribution is 5.84. The molecule has 3 aromatic rings. The van der Waals surface area contributed by atoms with Gasteiger partial charge in [0.05, 0.1) is 5.92 Å². The van der Waals surface area contributed by atoms with Crippen LogP contribution in [0.4, 0.5) is 6.01 Å². The second-order valence-corrected chi connectivity index (χ2v) is 8.58. The number of para-hydroxylation sites is 2. The molecule has 1 aromatic heterocycles. The fraction of sp³-hybridized carbons (Fsp3) is 0.400. The molecule has 2 aliphatic heterocycles.